The second-order valence-corrected chi connectivity index (χ2v) is 5.65. The zero-order chi connectivity index (χ0) is 14.3. The number of rotatable bonds is 8. The van der Waals surface area contributed by atoms with E-state index in [-0.39, 0.29) is 6.04 Å². The zero-order valence-corrected chi connectivity index (χ0v) is 12.4. The summed E-state index contributed by atoms with van der Waals surface area (Å²) in [6.45, 7) is 0.477. The van der Waals surface area contributed by atoms with E-state index >= 15 is 0 Å². The molecule has 0 saturated carbocycles. The fourth-order valence-electron chi connectivity index (χ4n) is 1.64. The van der Waals surface area contributed by atoms with Crippen molar-refractivity contribution >= 4 is 10.8 Å². The molecule has 0 radical (unpaired) electrons. The molecule has 0 amide bonds. The van der Waals surface area contributed by atoms with Crippen molar-refractivity contribution in [2.45, 2.75) is 6.04 Å². The molecule has 0 aliphatic rings. The van der Waals surface area contributed by atoms with Crippen LogP contribution in [0.5, 0.6) is 11.5 Å². The van der Waals surface area contributed by atoms with Gasteiger partial charge in [-0.05, 0) is 17.7 Å². The van der Waals surface area contributed by atoms with Crippen molar-refractivity contribution in [3.8, 4) is 11.5 Å². The molecule has 1 rings (SSSR count). The molecule has 0 fully saturated rings. The molecule has 0 aromatic heterocycles. The Morgan fingerprint density at radius 3 is 2.47 bits per heavy atom. The predicted molar refractivity (Wildman–Crippen MR) is 76.2 cm³/mol. The van der Waals surface area contributed by atoms with Gasteiger partial charge in [-0.2, -0.15) is 0 Å². The van der Waals surface area contributed by atoms with E-state index in [2.05, 4.69) is 0 Å². The van der Waals surface area contributed by atoms with E-state index in [1.54, 1.807) is 27.4 Å². The summed E-state index contributed by atoms with van der Waals surface area (Å²) in [5, 5.41) is 0. The van der Waals surface area contributed by atoms with Crippen molar-refractivity contribution < 1.29 is 18.4 Å². The van der Waals surface area contributed by atoms with Gasteiger partial charge in [0.1, 0.15) is 0 Å². The quantitative estimate of drug-likeness (QED) is 0.775. The molecule has 2 atom stereocenters. The van der Waals surface area contributed by atoms with Gasteiger partial charge in [0, 0.05) is 35.5 Å². The summed E-state index contributed by atoms with van der Waals surface area (Å²) in [5.74, 6) is 2.17. The van der Waals surface area contributed by atoms with E-state index in [1.165, 1.54) is 0 Å². The maximum absolute atomic E-state index is 11.8. The third-order valence-corrected chi connectivity index (χ3v) is 4.07. The Morgan fingerprint density at radius 2 is 1.89 bits per heavy atom. The highest BCUT2D eigenvalue weighted by Crippen LogP contribution is 2.29. The van der Waals surface area contributed by atoms with E-state index < -0.39 is 10.8 Å². The average molecular weight is 287 g/mol. The Hall–Kier alpha value is -1.11. The predicted octanol–water partition coefficient (Wildman–Crippen LogP) is 1.10. The van der Waals surface area contributed by atoms with E-state index in [4.69, 9.17) is 19.9 Å². The van der Waals surface area contributed by atoms with Crippen LogP contribution in [0.1, 0.15) is 11.6 Å². The molecule has 0 heterocycles. The summed E-state index contributed by atoms with van der Waals surface area (Å²) in [7, 11) is 3.75. The molecular weight excluding hydrogens is 266 g/mol. The maximum Gasteiger partial charge on any atom is 0.161 e. The van der Waals surface area contributed by atoms with Gasteiger partial charge in [-0.1, -0.05) is 6.07 Å². The summed E-state index contributed by atoms with van der Waals surface area (Å²) in [4.78, 5) is 0. The smallest absolute Gasteiger partial charge is 0.161 e. The lowest BCUT2D eigenvalue weighted by Gasteiger charge is -2.14. The highest BCUT2D eigenvalue weighted by Gasteiger charge is 2.13. The van der Waals surface area contributed by atoms with Crippen LogP contribution in [0.4, 0.5) is 0 Å². The third kappa shape index (κ3) is 4.81. The largest absolute Gasteiger partial charge is 0.493 e. The molecule has 5 nitrogen and oxygen atoms in total. The normalized spacial score (nSPS) is 13.9. The molecule has 1 aromatic carbocycles. The minimum absolute atomic E-state index is 0.294. The first-order valence-corrected chi connectivity index (χ1v) is 7.42. The van der Waals surface area contributed by atoms with Gasteiger partial charge < -0.3 is 19.9 Å². The minimum atomic E-state index is -0.988. The van der Waals surface area contributed by atoms with E-state index in [9.17, 15) is 4.21 Å². The van der Waals surface area contributed by atoms with Gasteiger partial charge in [0.15, 0.2) is 11.5 Å². The van der Waals surface area contributed by atoms with Crippen LogP contribution < -0.4 is 15.2 Å². The van der Waals surface area contributed by atoms with Crippen LogP contribution >= 0.6 is 0 Å². The number of benzene rings is 1. The van der Waals surface area contributed by atoms with Crippen LogP contribution in [-0.4, -0.2) is 43.7 Å². The van der Waals surface area contributed by atoms with Crippen LogP contribution in [0.25, 0.3) is 0 Å². The van der Waals surface area contributed by atoms with Crippen LogP contribution in [0, 0.1) is 0 Å². The molecule has 1 aromatic rings. The van der Waals surface area contributed by atoms with Gasteiger partial charge in [0.25, 0.3) is 0 Å². The van der Waals surface area contributed by atoms with Gasteiger partial charge in [-0.3, -0.25) is 4.21 Å². The van der Waals surface area contributed by atoms with Crippen molar-refractivity contribution in [2.24, 2.45) is 5.73 Å². The van der Waals surface area contributed by atoms with Crippen molar-refractivity contribution in [3.63, 3.8) is 0 Å². The van der Waals surface area contributed by atoms with Crippen LogP contribution in [-0.2, 0) is 15.5 Å². The summed E-state index contributed by atoms with van der Waals surface area (Å²) >= 11 is 0. The molecule has 0 aliphatic carbocycles. The maximum atomic E-state index is 11.8. The SMILES string of the molecule is COCCS(=O)CC(N)c1ccc(OC)c(OC)c1. The lowest BCUT2D eigenvalue weighted by Crippen LogP contribution is -2.21. The highest BCUT2D eigenvalue weighted by molar-refractivity contribution is 7.85. The number of nitrogens with two attached hydrogens (primary N) is 1. The van der Waals surface area contributed by atoms with Crippen LogP contribution in [0.15, 0.2) is 18.2 Å². The van der Waals surface area contributed by atoms with E-state index in [1.807, 2.05) is 12.1 Å². The molecule has 6 heteroatoms. The van der Waals surface area contributed by atoms with Crippen LogP contribution in [0.3, 0.4) is 0 Å². The monoisotopic (exact) mass is 287 g/mol. The Morgan fingerprint density at radius 1 is 1.21 bits per heavy atom. The van der Waals surface area contributed by atoms with E-state index in [0.717, 1.165) is 5.56 Å². The Kier molecular flexibility index (Phi) is 6.83. The Balaban J connectivity index is 2.71. The highest BCUT2D eigenvalue weighted by atomic mass is 32.2. The van der Waals surface area contributed by atoms with Gasteiger partial charge in [-0.15, -0.1) is 0 Å². The fourth-order valence-corrected chi connectivity index (χ4v) is 2.75. The van der Waals surface area contributed by atoms with Crippen molar-refractivity contribution in [1.82, 2.24) is 0 Å². The van der Waals surface area contributed by atoms with Crippen molar-refractivity contribution in [3.05, 3.63) is 23.8 Å². The first-order valence-electron chi connectivity index (χ1n) is 5.93. The lowest BCUT2D eigenvalue weighted by molar-refractivity contribution is 0.218. The molecule has 0 aliphatic heterocycles. The third-order valence-electron chi connectivity index (χ3n) is 2.72. The molecule has 0 bridgehead atoms. The number of hydrogen-bond acceptors (Lipinski definition) is 5. The molecule has 0 saturated heterocycles. The van der Waals surface area contributed by atoms with Crippen LogP contribution in [0.2, 0.25) is 0 Å². The van der Waals surface area contributed by atoms with Gasteiger partial charge in [0.2, 0.25) is 0 Å². The molecule has 19 heavy (non-hydrogen) atoms. The summed E-state index contributed by atoms with van der Waals surface area (Å²) in [5.41, 5.74) is 6.93. The molecule has 2 unspecified atom stereocenters. The number of hydrogen-bond donors (Lipinski definition) is 1. The molecule has 108 valence electrons. The summed E-state index contributed by atoms with van der Waals surface area (Å²) < 4.78 is 27.0. The zero-order valence-electron chi connectivity index (χ0n) is 11.5. The molecule has 0 spiro atoms. The van der Waals surface area contributed by atoms with Crippen molar-refractivity contribution in [1.29, 1.82) is 0 Å². The van der Waals surface area contributed by atoms with Crippen molar-refractivity contribution in [2.75, 3.05) is 39.4 Å². The Labute approximate surface area is 116 Å². The summed E-state index contributed by atoms with van der Waals surface area (Å²) in [6.07, 6.45) is 0. The second-order valence-electron chi connectivity index (χ2n) is 4.02. The van der Waals surface area contributed by atoms with E-state index in [0.29, 0.717) is 29.6 Å². The standard InChI is InChI=1S/C13H21NO4S/c1-16-6-7-19(15)9-11(14)10-4-5-12(17-2)13(8-10)18-3/h4-5,8,11H,6-7,9,14H2,1-3H3. The van der Waals surface area contributed by atoms with Gasteiger partial charge >= 0.3 is 0 Å². The minimum Gasteiger partial charge on any atom is -0.493 e. The first kappa shape index (κ1) is 15.9. The van der Waals surface area contributed by atoms with Gasteiger partial charge in [0.05, 0.1) is 20.8 Å². The molecule has 2 N–H and O–H groups in total. The number of methoxy groups -OCH3 is 3. The molecular formula is C13H21NO4S. The average Bonchev–Trinajstić information content (AvgIpc) is 2.44. The summed E-state index contributed by atoms with van der Waals surface area (Å²) in [6, 6.07) is 5.18. The Bertz CT molecular complexity index is 425. The lowest BCUT2D eigenvalue weighted by atomic mass is 10.1. The van der Waals surface area contributed by atoms with Gasteiger partial charge in [-0.25, -0.2) is 0 Å². The fraction of sp³-hybridized carbons (Fsp3) is 0.538. The first-order chi connectivity index (χ1) is 9.12. The number of ether oxygens (including phenoxy) is 3. The second kappa shape index (κ2) is 8.14. The topological polar surface area (TPSA) is 70.8 Å².